The van der Waals surface area contributed by atoms with Gasteiger partial charge in [0.1, 0.15) is 0 Å². The monoisotopic (exact) mass is 215 g/mol. The SMILES string of the molecule is Cc1cccc2c(C3CCNCC3)[nH]nc12. The van der Waals surface area contributed by atoms with Crippen LogP contribution in [0.1, 0.15) is 30.0 Å². The van der Waals surface area contributed by atoms with Crippen LogP contribution in [0.3, 0.4) is 0 Å². The van der Waals surface area contributed by atoms with Gasteiger partial charge < -0.3 is 5.32 Å². The summed E-state index contributed by atoms with van der Waals surface area (Å²) in [4.78, 5) is 0. The molecule has 1 saturated heterocycles. The predicted octanol–water partition coefficient (Wildman–Crippen LogP) is 2.34. The molecule has 84 valence electrons. The first-order chi connectivity index (χ1) is 7.86. The average Bonchev–Trinajstić information content (AvgIpc) is 2.75. The van der Waals surface area contributed by atoms with E-state index in [4.69, 9.17) is 0 Å². The van der Waals surface area contributed by atoms with Crippen LogP contribution in [-0.2, 0) is 0 Å². The first-order valence-corrected chi connectivity index (χ1v) is 6.00. The van der Waals surface area contributed by atoms with Crippen LogP contribution in [-0.4, -0.2) is 23.3 Å². The molecule has 0 unspecified atom stereocenters. The number of fused-ring (bicyclic) bond motifs is 1. The second-order valence-electron chi connectivity index (χ2n) is 4.63. The van der Waals surface area contributed by atoms with E-state index < -0.39 is 0 Å². The molecule has 0 amide bonds. The van der Waals surface area contributed by atoms with E-state index in [1.165, 1.54) is 29.5 Å². The molecule has 1 aliphatic rings. The molecule has 1 aromatic heterocycles. The van der Waals surface area contributed by atoms with Gasteiger partial charge in [-0.15, -0.1) is 0 Å². The first kappa shape index (κ1) is 9.85. The maximum absolute atomic E-state index is 4.45. The minimum atomic E-state index is 0.646. The van der Waals surface area contributed by atoms with Crippen molar-refractivity contribution in [2.75, 3.05) is 13.1 Å². The number of benzene rings is 1. The number of aryl methyl sites for hydroxylation is 1. The normalized spacial score (nSPS) is 18.1. The van der Waals surface area contributed by atoms with Crippen molar-refractivity contribution in [3.8, 4) is 0 Å². The van der Waals surface area contributed by atoms with Crippen LogP contribution in [0, 0.1) is 6.92 Å². The fourth-order valence-electron chi connectivity index (χ4n) is 2.62. The number of rotatable bonds is 1. The lowest BCUT2D eigenvalue weighted by Gasteiger charge is -2.21. The fraction of sp³-hybridized carbons (Fsp3) is 0.462. The van der Waals surface area contributed by atoms with E-state index in [0.717, 1.165) is 18.6 Å². The Morgan fingerprint density at radius 1 is 1.25 bits per heavy atom. The van der Waals surface area contributed by atoms with Crippen molar-refractivity contribution in [1.29, 1.82) is 0 Å². The topological polar surface area (TPSA) is 40.7 Å². The van der Waals surface area contributed by atoms with E-state index in [0.29, 0.717) is 5.92 Å². The lowest BCUT2D eigenvalue weighted by molar-refractivity contribution is 0.454. The van der Waals surface area contributed by atoms with Crippen LogP contribution >= 0.6 is 0 Å². The first-order valence-electron chi connectivity index (χ1n) is 6.00. The molecule has 1 fully saturated rings. The molecular formula is C13H17N3. The van der Waals surface area contributed by atoms with Gasteiger partial charge in [0, 0.05) is 17.0 Å². The number of hydrogen-bond donors (Lipinski definition) is 2. The van der Waals surface area contributed by atoms with Crippen LogP contribution in [0.15, 0.2) is 18.2 Å². The highest BCUT2D eigenvalue weighted by molar-refractivity contribution is 5.84. The molecular weight excluding hydrogens is 198 g/mol. The molecule has 0 saturated carbocycles. The van der Waals surface area contributed by atoms with E-state index in [-0.39, 0.29) is 0 Å². The summed E-state index contributed by atoms with van der Waals surface area (Å²) in [5, 5.41) is 12.4. The summed E-state index contributed by atoms with van der Waals surface area (Å²) in [6.45, 7) is 4.36. The summed E-state index contributed by atoms with van der Waals surface area (Å²) < 4.78 is 0. The maximum atomic E-state index is 4.45. The highest BCUT2D eigenvalue weighted by Gasteiger charge is 2.19. The molecule has 2 aromatic rings. The van der Waals surface area contributed by atoms with E-state index in [1.54, 1.807) is 0 Å². The Morgan fingerprint density at radius 2 is 2.06 bits per heavy atom. The molecule has 1 aromatic carbocycles. The van der Waals surface area contributed by atoms with E-state index in [9.17, 15) is 0 Å². The zero-order valence-corrected chi connectivity index (χ0v) is 9.59. The van der Waals surface area contributed by atoms with Crippen molar-refractivity contribution in [3.63, 3.8) is 0 Å². The molecule has 0 spiro atoms. The Bertz CT molecular complexity index is 495. The third kappa shape index (κ3) is 1.52. The Balaban J connectivity index is 2.06. The molecule has 0 bridgehead atoms. The van der Waals surface area contributed by atoms with Crippen LogP contribution in [0.4, 0.5) is 0 Å². The molecule has 0 radical (unpaired) electrons. The largest absolute Gasteiger partial charge is 0.317 e. The summed E-state index contributed by atoms with van der Waals surface area (Å²) in [5.74, 6) is 0.646. The van der Waals surface area contributed by atoms with Gasteiger partial charge in [-0.2, -0.15) is 5.10 Å². The Hall–Kier alpha value is -1.35. The quantitative estimate of drug-likeness (QED) is 0.766. The van der Waals surface area contributed by atoms with Gasteiger partial charge in [0.25, 0.3) is 0 Å². The van der Waals surface area contributed by atoms with Crippen LogP contribution < -0.4 is 5.32 Å². The van der Waals surface area contributed by atoms with E-state index >= 15 is 0 Å². The minimum absolute atomic E-state index is 0.646. The second-order valence-corrected chi connectivity index (χ2v) is 4.63. The number of piperidine rings is 1. The number of para-hydroxylation sites is 1. The molecule has 3 rings (SSSR count). The second kappa shape index (κ2) is 3.91. The zero-order valence-electron chi connectivity index (χ0n) is 9.59. The zero-order chi connectivity index (χ0) is 11.0. The molecule has 2 N–H and O–H groups in total. The molecule has 1 aliphatic heterocycles. The summed E-state index contributed by atoms with van der Waals surface area (Å²) in [6.07, 6.45) is 2.43. The number of aromatic amines is 1. The van der Waals surface area contributed by atoms with Crippen molar-refractivity contribution >= 4 is 10.9 Å². The van der Waals surface area contributed by atoms with Gasteiger partial charge in [0.2, 0.25) is 0 Å². The molecule has 16 heavy (non-hydrogen) atoms. The van der Waals surface area contributed by atoms with Crippen molar-refractivity contribution in [2.24, 2.45) is 0 Å². The smallest absolute Gasteiger partial charge is 0.0952 e. The van der Waals surface area contributed by atoms with Crippen molar-refractivity contribution in [1.82, 2.24) is 15.5 Å². The molecule has 2 heterocycles. The number of H-pyrrole nitrogens is 1. The number of nitrogens with one attached hydrogen (secondary N) is 2. The van der Waals surface area contributed by atoms with Gasteiger partial charge in [0.15, 0.2) is 0 Å². The fourth-order valence-corrected chi connectivity index (χ4v) is 2.62. The van der Waals surface area contributed by atoms with E-state index in [1.807, 2.05) is 0 Å². The van der Waals surface area contributed by atoms with Crippen molar-refractivity contribution in [2.45, 2.75) is 25.7 Å². The summed E-state index contributed by atoms with van der Waals surface area (Å²) in [5.41, 5.74) is 3.73. The van der Waals surface area contributed by atoms with Crippen molar-refractivity contribution < 1.29 is 0 Å². The van der Waals surface area contributed by atoms with E-state index in [2.05, 4.69) is 40.6 Å². The third-order valence-corrected chi connectivity index (χ3v) is 3.56. The lowest BCUT2D eigenvalue weighted by Crippen LogP contribution is -2.26. The summed E-state index contributed by atoms with van der Waals surface area (Å²) in [6, 6.07) is 6.43. The summed E-state index contributed by atoms with van der Waals surface area (Å²) >= 11 is 0. The Labute approximate surface area is 95.2 Å². The lowest BCUT2D eigenvalue weighted by atomic mass is 9.92. The van der Waals surface area contributed by atoms with Crippen molar-refractivity contribution in [3.05, 3.63) is 29.5 Å². The van der Waals surface area contributed by atoms with Crippen LogP contribution in [0.2, 0.25) is 0 Å². The minimum Gasteiger partial charge on any atom is -0.317 e. The summed E-state index contributed by atoms with van der Waals surface area (Å²) in [7, 11) is 0. The number of aromatic nitrogens is 2. The maximum Gasteiger partial charge on any atom is 0.0952 e. The average molecular weight is 215 g/mol. The highest BCUT2D eigenvalue weighted by atomic mass is 15.1. The Kier molecular flexibility index (Phi) is 2.40. The van der Waals surface area contributed by atoms with Gasteiger partial charge in [0.05, 0.1) is 5.52 Å². The number of hydrogen-bond acceptors (Lipinski definition) is 2. The standard InChI is InChI=1S/C13H17N3/c1-9-3-2-4-11-12(9)15-16-13(11)10-5-7-14-8-6-10/h2-4,10,14H,5-8H2,1H3,(H,15,16). The molecule has 3 nitrogen and oxygen atoms in total. The van der Waals surface area contributed by atoms with Gasteiger partial charge in [-0.1, -0.05) is 18.2 Å². The van der Waals surface area contributed by atoms with Gasteiger partial charge in [-0.3, -0.25) is 5.10 Å². The third-order valence-electron chi connectivity index (χ3n) is 3.56. The van der Waals surface area contributed by atoms with Gasteiger partial charge in [-0.05, 0) is 38.4 Å². The molecule has 3 heteroatoms. The highest BCUT2D eigenvalue weighted by Crippen LogP contribution is 2.30. The van der Waals surface area contributed by atoms with Gasteiger partial charge >= 0.3 is 0 Å². The molecule has 0 atom stereocenters. The number of nitrogens with zero attached hydrogens (tertiary/aromatic N) is 1. The van der Waals surface area contributed by atoms with Crippen LogP contribution in [0.5, 0.6) is 0 Å². The molecule has 0 aliphatic carbocycles. The van der Waals surface area contributed by atoms with Gasteiger partial charge in [-0.25, -0.2) is 0 Å². The van der Waals surface area contributed by atoms with Crippen LogP contribution in [0.25, 0.3) is 10.9 Å². The Morgan fingerprint density at radius 3 is 2.88 bits per heavy atom. The predicted molar refractivity (Wildman–Crippen MR) is 65.7 cm³/mol.